The topological polar surface area (TPSA) is 91.1 Å². The van der Waals surface area contributed by atoms with E-state index in [1.54, 1.807) is 36.1 Å². The Labute approximate surface area is 189 Å². The first-order valence-electron chi connectivity index (χ1n) is 9.94. The van der Waals surface area contributed by atoms with E-state index in [9.17, 15) is 14.4 Å². The Hall–Kier alpha value is -3.54. The zero-order chi connectivity index (χ0) is 22.7. The third kappa shape index (κ3) is 4.69. The highest BCUT2D eigenvalue weighted by atomic mass is 35.5. The zero-order valence-corrected chi connectivity index (χ0v) is 18.0. The third-order valence-corrected chi connectivity index (χ3v) is 5.20. The maximum absolute atomic E-state index is 13.6. The fourth-order valence-electron chi connectivity index (χ4n) is 3.53. The number of pyridine rings is 2. The van der Waals surface area contributed by atoms with E-state index >= 15 is 0 Å². The number of aryl methyl sites for hydroxylation is 1. The molecule has 2 aromatic heterocycles. The fraction of sp³-hybridized carbons (Fsp3) is 0.217. The van der Waals surface area contributed by atoms with Gasteiger partial charge < -0.3 is 9.64 Å². The monoisotopic (exact) mass is 451 g/mol. The van der Waals surface area contributed by atoms with Gasteiger partial charge in [-0.25, -0.2) is 19.2 Å². The first-order chi connectivity index (χ1) is 15.4. The molecule has 0 bridgehead atoms. The number of benzene rings is 1. The molecule has 1 aliphatic rings. The number of halogens is 2. The molecule has 0 atom stereocenters. The largest absolute Gasteiger partial charge is 0.378 e. The molecule has 9 heteroatoms. The number of nitrogens with zero attached hydrogens (tertiary/aromatic N) is 4. The summed E-state index contributed by atoms with van der Waals surface area (Å²) < 4.78 is 18.8. The molecule has 0 spiro atoms. The van der Waals surface area contributed by atoms with Gasteiger partial charge in [-0.1, -0.05) is 11.6 Å². The van der Waals surface area contributed by atoms with E-state index < -0.39 is 5.82 Å². The summed E-state index contributed by atoms with van der Waals surface area (Å²) in [5.41, 5.74) is 3.14. The van der Waals surface area contributed by atoms with Crippen molar-refractivity contribution in [2.45, 2.75) is 6.92 Å². The van der Waals surface area contributed by atoms with E-state index in [0.717, 1.165) is 0 Å². The van der Waals surface area contributed by atoms with Crippen LogP contribution < -0.4 is 5.32 Å². The average molecular weight is 452 g/mol. The molecule has 0 aliphatic carbocycles. The zero-order valence-electron chi connectivity index (χ0n) is 17.2. The van der Waals surface area contributed by atoms with Crippen LogP contribution in [0.2, 0.25) is 5.15 Å². The molecule has 0 saturated carbocycles. The molecule has 4 rings (SSSR count). The van der Waals surface area contributed by atoms with Crippen molar-refractivity contribution in [3.05, 3.63) is 64.7 Å². The molecule has 2 amide bonds. The minimum Gasteiger partial charge on any atom is -0.378 e. The quantitative estimate of drug-likeness (QED) is 0.585. The minimum atomic E-state index is -0.393. The second kappa shape index (κ2) is 9.30. The molecule has 1 N–H and O–H groups in total. The van der Waals surface area contributed by atoms with E-state index in [2.05, 4.69) is 21.4 Å². The van der Waals surface area contributed by atoms with Gasteiger partial charge in [-0.3, -0.25) is 5.32 Å². The number of urea groups is 1. The number of amides is 2. The highest BCUT2D eigenvalue weighted by Gasteiger charge is 2.21. The molecule has 1 fully saturated rings. The number of anilines is 1. The Morgan fingerprint density at radius 1 is 1.16 bits per heavy atom. The van der Waals surface area contributed by atoms with E-state index in [1.807, 2.05) is 0 Å². The number of hydrogen-bond acceptors (Lipinski definition) is 5. The van der Waals surface area contributed by atoms with Crippen molar-refractivity contribution in [1.82, 2.24) is 14.9 Å². The van der Waals surface area contributed by atoms with Crippen LogP contribution in [-0.2, 0) is 4.74 Å². The summed E-state index contributed by atoms with van der Waals surface area (Å²) in [4.78, 5) is 23.1. The number of carbonyl (C=O) groups is 1. The summed E-state index contributed by atoms with van der Waals surface area (Å²) in [5.74, 6) is -0.173. The molecule has 32 heavy (non-hydrogen) atoms. The summed E-state index contributed by atoms with van der Waals surface area (Å²) in [6.45, 7) is 3.66. The Morgan fingerprint density at radius 3 is 2.53 bits per heavy atom. The van der Waals surface area contributed by atoms with Gasteiger partial charge in [-0.15, -0.1) is 0 Å². The van der Waals surface area contributed by atoms with Crippen molar-refractivity contribution in [3.63, 3.8) is 0 Å². The molecule has 1 aromatic carbocycles. The number of carbonyl (C=O) groups excluding carboxylic acids is 1. The Kier molecular flexibility index (Phi) is 6.30. The number of morpholine rings is 1. The van der Waals surface area contributed by atoms with Crippen LogP contribution in [0.1, 0.15) is 11.3 Å². The molecule has 0 unspecified atom stereocenters. The normalized spacial score (nSPS) is 13.5. The SMILES string of the molecule is Cc1cc(-c2c(C#N)cc(NC(=O)N3CCOCC3)nc2-c2ccc(F)cc2)cc(Cl)n1. The molecule has 1 saturated heterocycles. The van der Waals surface area contributed by atoms with Crippen LogP contribution in [0, 0.1) is 24.1 Å². The lowest BCUT2D eigenvalue weighted by molar-refractivity contribution is 0.0564. The van der Waals surface area contributed by atoms with Crippen LogP contribution in [0.4, 0.5) is 15.0 Å². The van der Waals surface area contributed by atoms with Crippen LogP contribution in [0.25, 0.3) is 22.4 Å². The van der Waals surface area contributed by atoms with Crippen molar-refractivity contribution < 1.29 is 13.9 Å². The maximum Gasteiger partial charge on any atom is 0.323 e. The molecule has 3 aromatic rings. The number of rotatable bonds is 3. The van der Waals surface area contributed by atoms with Crippen LogP contribution in [0.5, 0.6) is 0 Å². The van der Waals surface area contributed by atoms with Crippen molar-refractivity contribution in [1.29, 1.82) is 5.26 Å². The van der Waals surface area contributed by atoms with Crippen LogP contribution in [0.3, 0.4) is 0 Å². The average Bonchev–Trinajstić information content (AvgIpc) is 2.79. The molecule has 162 valence electrons. The van der Waals surface area contributed by atoms with Gasteiger partial charge in [-0.05, 0) is 55.0 Å². The summed E-state index contributed by atoms with van der Waals surface area (Å²) in [6, 6.07) is 12.6. The van der Waals surface area contributed by atoms with Gasteiger partial charge in [0.15, 0.2) is 0 Å². The van der Waals surface area contributed by atoms with Gasteiger partial charge in [-0.2, -0.15) is 5.26 Å². The number of nitrogens with one attached hydrogen (secondary N) is 1. The lowest BCUT2D eigenvalue weighted by Crippen LogP contribution is -2.43. The smallest absolute Gasteiger partial charge is 0.323 e. The highest BCUT2D eigenvalue weighted by molar-refractivity contribution is 6.29. The van der Waals surface area contributed by atoms with Gasteiger partial charge in [0.05, 0.1) is 30.5 Å². The van der Waals surface area contributed by atoms with Crippen molar-refractivity contribution >= 4 is 23.4 Å². The summed E-state index contributed by atoms with van der Waals surface area (Å²) >= 11 is 6.16. The lowest BCUT2D eigenvalue weighted by atomic mass is 9.95. The molecule has 0 radical (unpaired) electrons. The molecular formula is C23H19ClFN5O2. The highest BCUT2D eigenvalue weighted by Crippen LogP contribution is 2.36. The molecule has 1 aliphatic heterocycles. The van der Waals surface area contributed by atoms with Gasteiger partial charge in [0, 0.05) is 29.9 Å². The number of ether oxygens (including phenoxy) is 1. The minimum absolute atomic E-state index is 0.220. The van der Waals surface area contributed by atoms with Gasteiger partial charge in [0.25, 0.3) is 0 Å². The molecular weight excluding hydrogens is 433 g/mol. The number of aromatic nitrogens is 2. The van der Waals surface area contributed by atoms with Crippen molar-refractivity contribution in [2.75, 3.05) is 31.6 Å². The van der Waals surface area contributed by atoms with Crippen molar-refractivity contribution in [3.8, 4) is 28.5 Å². The Balaban J connectivity index is 1.84. The summed E-state index contributed by atoms with van der Waals surface area (Å²) in [5, 5.41) is 13.0. The van der Waals surface area contributed by atoms with E-state index in [1.165, 1.54) is 18.2 Å². The van der Waals surface area contributed by atoms with Crippen molar-refractivity contribution in [2.24, 2.45) is 0 Å². The third-order valence-electron chi connectivity index (χ3n) is 5.00. The number of nitriles is 1. The van der Waals surface area contributed by atoms with Crippen LogP contribution in [0.15, 0.2) is 42.5 Å². The second-order valence-corrected chi connectivity index (χ2v) is 7.63. The van der Waals surface area contributed by atoms with Gasteiger partial charge >= 0.3 is 6.03 Å². The fourth-order valence-corrected chi connectivity index (χ4v) is 3.78. The molecule has 7 nitrogen and oxygen atoms in total. The second-order valence-electron chi connectivity index (χ2n) is 7.25. The predicted molar refractivity (Wildman–Crippen MR) is 119 cm³/mol. The summed E-state index contributed by atoms with van der Waals surface area (Å²) in [7, 11) is 0. The first-order valence-corrected chi connectivity index (χ1v) is 10.3. The van der Waals surface area contributed by atoms with Crippen LogP contribution >= 0.6 is 11.6 Å². The van der Waals surface area contributed by atoms with E-state index in [4.69, 9.17) is 16.3 Å². The summed E-state index contributed by atoms with van der Waals surface area (Å²) in [6.07, 6.45) is 0. The Bertz CT molecular complexity index is 1180. The molecule has 3 heterocycles. The van der Waals surface area contributed by atoms with E-state index in [0.29, 0.717) is 59.9 Å². The lowest BCUT2D eigenvalue weighted by Gasteiger charge is -2.27. The van der Waals surface area contributed by atoms with Gasteiger partial charge in [0.2, 0.25) is 0 Å². The van der Waals surface area contributed by atoms with Gasteiger partial charge in [0.1, 0.15) is 16.8 Å². The van der Waals surface area contributed by atoms with Crippen LogP contribution in [-0.4, -0.2) is 47.2 Å². The standard InChI is InChI=1S/C23H19ClFN5O2/c1-14-10-16(11-19(24)27-14)21-17(13-26)12-20(29-23(31)30-6-8-32-9-7-30)28-22(21)15-2-4-18(25)5-3-15/h2-5,10-12H,6-9H2,1H3,(H,28,29,31). The van der Waals surface area contributed by atoms with E-state index in [-0.39, 0.29) is 17.0 Å². The number of hydrogen-bond donors (Lipinski definition) is 1. The predicted octanol–water partition coefficient (Wildman–Crippen LogP) is 4.65. The first kappa shape index (κ1) is 21.7. The Morgan fingerprint density at radius 2 is 1.88 bits per heavy atom. The maximum atomic E-state index is 13.6.